The van der Waals surface area contributed by atoms with E-state index in [1.807, 2.05) is 21.1 Å². The van der Waals surface area contributed by atoms with Crippen LogP contribution < -0.4 is 5.11 Å². The molecule has 0 aliphatic carbocycles. The average Bonchev–Trinajstić information content (AvgIpc) is 1.08. The molecule has 2 atom stereocenters. The van der Waals surface area contributed by atoms with Gasteiger partial charge in [-0.25, -0.2) is 0 Å². The van der Waals surface area contributed by atoms with Gasteiger partial charge in [-0.15, -0.1) is 0 Å². The molecule has 0 aromatic rings. The maximum atomic E-state index is 13.0. The molecule has 0 N–H and O–H groups in total. The second-order valence-electron chi connectivity index (χ2n) is 29.4. The third-order valence-electron chi connectivity index (χ3n) is 18.5. The molecule has 9 heteroatoms. The monoisotopic (exact) mass is 1390 g/mol. The van der Waals surface area contributed by atoms with Crippen molar-refractivity contribution < 1.29 is 42.9 Å². The molecule has 0 aromatic carbocycles. The Labute approximate surface area is 618 Å². The highest BCUT2D eigenvalue weighted by Gasteiger charge is 2.22. The van der Waals surface area contributed by atoms with Crippen LogP contribution in [0, 0.1) is 0 Å². The van der Waals surface area contributed by atoms with Crippen molar-refractivity contribution in [3.8, 4) is 0 Å². The summed E-state index contributed by atoms with van der Waals surface area (Å²) in [6.07, 6.45) is 112. The summed E-state index contributed by atoms with van der Waals surface area (Å²) in [7, 11) is 5.94. The number of carbonyl (C=O) groups excluding carboxylic acids is 3. The SMILES string of the molecule is CC/C=C\C/C=C\C/C=C\C/C=C\C/C=C\C/C=C\C/C=C\C/C=C\C/C=C\C/C=C\CCCCCCCCCCC(=O)OC(COC(=O)CCCCCCCCCCCCCCCCCCCCCCCCCCCCCCCCCCCCCC)COC(OCC[N+](C)(C)C)C(=O)[O-]. The van der Waals surface area contributed by atoms with E-state index in [1.165, 1.54) is 238 Å². The molecule has 0 saturated heterocycles. The number of rotatable bonds is 78. The van der Waals surface area contributed by atoms with E-state index in [2.05, 4.69) is 135 Å². The highest BCUT2D eigenvalue weighted by Crippen LogP contribution is 2.19. The Bertz CT molecular complexity index is 2070. The summed E-state index contributed by atoms with van der Waals surface area (Å²) in [4.78, 5) is 37.6. The van der Waals surface area contributed by atoms with Gasteiger partial charge in [0.15, 0.2) is 12.4 Å². The summed E-state index contributed by atoms with van der Waals surface area (Å²) in [5.74, 6) is -2.28. The van der Waals surface area contributed by atoms with Crippen LogP contribution in [0.1, 0.15) is 380 Å². The number of quaternary nitrogens is 1. The molecule has 0 radical (unpaired) electrons. The summed E-state index contributed by atoms with van der Waals surface area (Å²) in [5, 5.41) is 11.9. The summed E-state index contributed by atoms with van der Waals surface area (Å²) in [5.41, 5.74) is 0. The van der Waals surface area contributed by atoms with Crippen molar-refractivity contribution >= 4 is 17.9 Å². The van der Waals surface area contributed by atoms with Crippen LogP contribution in [0.25, 0.3) is 0 Å². The zero-order valence-electron chi connectivity index (χ0n) is 66.0. The highest BCUT2D eigenvalue weighted by molar-refractivity contribution is 5.70. The first-order chi connectivity index (χ1) is 49.1. The fourth-order valence-electron chi connectivity index (χ4n) is 12.1. The van der Waals surface area contributed by atoms with E-state index in [4.69, 9.17) is 18.9 Å². The van der Waals surface area contributed by atoms with Crippen molar-refractivity contribution in [2.24, 2.45) is 0 Å². The lowest BCUT2D eigenvalue weighted by Crippen LogP contribution is -2.44. The van der Waals surface area contributed by atoms with Crippen LogP contribution in [-0.2, 0) is 33.3 Å². The molecule has 0 fully saturated rings. The van der Waals surface area contributed by atoms with Gasteiger partial charge in [0.05, 0.1) is 40.3 Å². The zero-order valence-corrected chi connectivity index (χ0v) is 66.0. The lowest BCUT2D eigenvalue weighted by atomic mass is 10.0. The molecule has 9 nitrogen and oxygen atoms in total. The Morgan fingerprint density at radius 3 is 0.850 bits per heavy atom. The summed E-state index contributed by atoms with van der Waals surface area (Å²) in [6, 6.07) is 0. The summed E-state index contributed by atoms with van der Waals surface area (Å²) >= 11 is 0. The average molecular weight is 1400 g/mol. The Balaban J connectivity index is 4.05. The van der Waals surface area contributed by atoms with Crippen molar-refractivity contribution in [2.75, 3.05) is 47.5 Å². The van der Waals surface area contributed by atoms with E-state index in [0.717, 1.165) is 109 Å². The number of carboxylic acids is 1. The van der Waals surface area contributed by atoms with Gasteiger partial charge in [0, 0.05) is 12.8 Å². The van der Waals surface area contributed by atoms with E-state index in [-0.39, 0.29) is 38.6 Å². The predicted octanol–water partition coefficient (Wildman–Crippen LogP) is 26.1. The van der Waals surface area contributed by atoms with E-state index in [1.54, 1.807) is 0 Å². The molecule has 0 aromatic heterocycles. The van der Waals surface area contributed by atoms with Crippen LogP contribution in [0.4, 0.5) is 0 Å². The fraction of sp³-hybridized carbons (Fsp3) is 0.747. The number of carboxylic acid groups (broad SMARTS) is 1. The Morgan fingerprint density at radius 1 is 0.310 bits per heavy atom. The molecule has 0 spiro atoms. The smallest absolute Gasteiger partial charge is 0.306 e. The molecule has 2 unspecified atom stereocenters. The minimum atomic E-state index is -1.63. The first kappa shape index (κ1) is 95.7. The fourth-order valence-corrected chi connectivity index (χ4v) is 12.1. The second kappa shape index (κ2) is 80.4. The number of hydrogen-bond acceptors (Lipinski definition) is 8. The minimum Gasteiger partial charge on any atom is -0.545 e. The maximum Gasteiger partial charge on any atom is 0.306 e. The second-order valence-corrected chi connectivity index (χ2v) is 29.4. The normalized spacial score (nSPS) is 13.2. The third-order valence-corrected chi connectivity index (χ3v) is 18.5. The molecule has 0 aliphatic heterocycles. The molecule has 0 amide bonds. The van der Waals surface area contributed by atoms with Gasteiger partial charge in [0.1, 0.15) is 13.2 Å². The van der Waals surface area contributed by atoms with E-state index in [9.17, 15) is 19.5 Å². The van der Waals surface area contributed by atoms with Gasteiger partial charge in [0.2, 0.25) is 0 Å². The lowest BCUT2D eigenvalue weighted by molar-refractivity contribution is -0.870. The van der Waals surface area contributed by atoms with Crippen LogP contribution in [0.15, 0.2) is 122 Å². The van der Waals surface area contributed by atoms with Crippen molar-refractivity contribution in [1.82, 2.24) is 0 Å². The van der Waals surface area contributed by atoms with Crippen molar-refractivity contribution in [2.45, 2.75) is 392 Å². The van der Waals surface area contributed by atoms with Gasteiger partial charge in [-0.05, 0) is 89.9 Å². The number of aliphatic carboxylic acids is 1. The molecule has 100 heavy (non-hydrogen) atoms. The number of esters is 2. The van der Waals surface area contributed by atoms with E-state index < -0.39 is 24.3 Å². The van der Waals surface area contributed by atoms with Crippen molar-refractivity contribution in [3.05, 3.63) is 122 Å². The standard InChI is InChI=1S/C91H159NO8/c1-6-8-10-12-14-16-18-20-22-24-26-28-30-32-34-36-38-40-42-44-45-46-48-50-52-54-56-58-60-62-64-66-68-70-72-74-76-78-80-82-89(94)100-87(86-99-91(90(95)96)97-84-83-92(3,4)5)85-98-88(93)81-79-77-75-73-71-69-67-65-63-61-59-57-55-53-51-49-47-43-41-39-37-35-33-31-29-27-25-23-21-19-17-15-13-11-9-7-2/h8,10,14,16,20,22,26,28,32,34,38,40,44-45,48,50,54,56,60,62,87,91H,6-7,9,11-13,15,17-19,21,23-25,27,29-31,33,35-37,39,41-43,46-47,49,51-53,55,57-59,61,63-86H2,1-5H3/b10-8-,16-14-,22-20-,28-26-,34-32-,40-38-,45-44-,50-48-,56-54-,62-60-. The van der Waals surface area contributed by atoms with Crippen LogP contribution >= 0.6 is 0 Å². The first-order valence-corrected chi connectivity index (χ1v) is 42.2. The summed E-state index contributed by atoms with van der Waals surface area (Å²) < 4.78 is 22.9. The third kappa shape index (κ3) is 81.0. The lowest BCUT2D eigenvalue weighted by Gasteiger charge is -2.26. The number of hydrogen-bond donors (Lipinski definition) is 0. The van der Waals surface area contributed by atoms with Crippen LogP contribution in [-0.4, -0.2) is 82.3 Å². The molecule has 0 aliphatic rings. The molecular weight excluding hydrogens is 1230 g/mol. The van der Waals surface area contributed by atoms with E-state index >= 15 is 0 Å². The first-order valence-electron chi connectivity index (χ1n) is 42.2. The highest BCUT2D eigenvalue weighted by atomic mass is 16.7. The van der Waals surface area contributed by atoms with Gasteiger partial charge in [0.25, 0.3) is 0 Å². The van der Waals surface area contributed by atoms with Gasteiger partial charge in [-0.2, -0.15) is 0 Å². The predicted molar refractivity (Wildman–Crippen MR) is 430 cm³/mol. The maximum absolute atomic E-state index is 13.0. The van der Waals surface area contributed by atoms with E-state index in [0.29, 0.717) is 17.4 Å². The zero-order chi connectivity index (χ0) is 72.5. The van der Waals surface area contributed by atoms with Gasteiger partial charge in [-0.3, -0.25) is 9.59 Å². The Kier molecular flexibility index (Phi) is 76.9. The Hall–Kier alpha value is -4.31. The quantitative estimate of drug-likeness (QED) is 0.0195. The van der Waals surface area contributed by atoms with Crippen molar-refractivity contribution in [1.29, 1.82) is 0 Å². The van der Waals surface area contributed by atoms with Gasteiger partial charge >= 0.3 is 11.9 Å². The van der Waals surface area contributed by atoms with Gasteiger partial charge < -0.3 is 33.3 Å². The van der Waals surface area contributed by atoms with Crippen LogP contribution in [0.3, 0.4) is 0 Å². The number of likely N-dealkylation sites (N-methyl/N-ethyl adjacent to an activating group) is 1. The molecule has 0 saturated carbocycles. The largest absolute Gasteiger partial charge is 0.545 e. The van der Waals surface area contributed by atoms with Crippen LogP contribution in [0.2, 0.25) is 0 Å². The molecular formula is C91H159NO8. The summed E-state index contributed by atoms with van der Waals surface area (Å²) in [6.45, 7) is 4.67. The number of carbonyl (C=O) groups is 3. The molecule has 0 bridgehead atoms. The molecule has 576 valence electrons. The molecule has 0 rings (SSSR count). The molecule has 0 heterocycles. The number of ether oxygens (including phenoxy) is 4. The van der Waals surface area contributed by atoms with Crippen molar-refractivity contribution in [3.63, 3.8) is 0 Å². The number of unbranched alkanes of at least 4 members (excludes halogenated alkanes) is 43. The number of allylic oxidation sites excluding steroid dienone is 20. The topological polar surface area (TPSA) is 111 Å². The van der Waals surface area contributed by atoms with Gasteiger partial charge in [-0.1, -0.05) is 399 Å². The minimum absolute atomic E-state index is 0.142. The van der Waals surface area contributed by atoms with Crippen LogP contribution in [0.5, 0.6) is 0 Å². The Morgan fingerprint density at radius 2 is 0.570 bits per heavy atom. The number of nitrogens with zero attached hydrogens (tertiary/aromatic N) is 1.